The van der Waals surface area contributed by atoms with Gasteiger partial charge in [-0.2, -0.15) is 5.10 Å². The fourth-order valence-corrected chi connectivity index (χ4v) is 3.97. The quantitative estimate of drug-likeness (QED) is 0.354. The van der Waals surface area contributed by atoms with Gasteiger partial charge in [0.25, 0.3) is 5.56 Å². The molecular formula is C23H26N10O. The van der Waals surface area contributed by atoms with E-state index in [1.54, 1.807) is 35.5 Å². The first-order valence-corrected chi connectivity index (χ1v) is 11.0. The number of hydrogen-bond donors (Lipinski definition) is 3. The van der Waals surface area contributed by atoms with E-state index < -0.39 is 0 Å². The molecule has 34 heavy (non-hydrogen) atoms. The summed E-state index contributed by atoms with van der Waals surface area (Å²) in [4.78, 5) is 39.5. The van der Waals surface area contributed by atoms with Gasteiger partial charge in [0.15, 0.2) is 5.82 Å². The molecule has 174 valence electrons. The number of rotatable bonds is 6. The minimum Gasteiger partial charge on any atom is -0.372 e. The number of imidazole rings is 1. The lowest BCUT2D eigenvalue weighted by Crippen LogP contribution is -2.22. The number of nitrogens with one attached hydrogen (secondary N) is 3. The van der Waals surface area contributed by atoms with E-state index in [9.17, 15) is 4.79 Å². The van der Waals surface area contributed by atoms with Gasteiger partial charge in [-0.25, -0.2) is 19.9 Å². The summed E-state index contributed by atoms with van der Waals surface area (Å²) in [5.74, 6) is 1.99. The van der Waals surface area contributed by atoms with Crippen molar-refractivity contribution in [1.29, 1.82) is 0 Å². The Kier molecular flexibility index (Phi) is 5.23. The molecule has 5 aromatic heterocycles. The first kappa shape index (κ1) is 21.6. The van der Waals surface area contributed by atoms with E-state index in [0.717, 1.165) is 11.3 Å². The normalized spacial score (nSPS) is 12.5. The highest BCUT2D eigenvalue weighted by Gasteiger charge is 2.25. The summed E-state index contributed by atoms with van der Waals surface area (Å²) in [6.45, 7) is 4.15. The van der Waals surface area contributed by atoms with Crippen molar-refractivity contribution in [2.24, 2.45) is 13.0 Å². The van der Waals surface area contributed by atoms with Gasteiger partial charge in [0, 0.05) is 45.8 Å². The molecule has 0 amide bonds. The Morgan fingerprint density at radius 1 is 1.09 bits per heavy atom. The SMILES string of the molecule is CC(C)C(Nc1c(-c2nc3cnc(N(C)C)cc3[nH]2)c(=O)[nH]c2cn(C)nc12)c1ncccn1. The Labute approximate surface area is 195 Å². The van der Waals surface area contributed by atoms with E-state index in [1.165, 1.54) is 0 Å². The van der Waals surface area contributed by atoms with Gasteiger partial charge in [-0.15, -0.1) is 0 Å². The van der Waals surface area contributed by atoms with E-state index in [-0.39, 0.29) is 17.5 Å². The number of aromatic nitrogens is 8. The van der Waals surface area contributed by atoms with Crippen molar-refractivity contribution in [1.82, 2.24) is 39.7 Å². The van der Waals surface area contributed by atoms with Crippen LogP contribution in [0.25, 0.3) is 33.5 Å². The van der Waals surface area contributed by atoms with E-state index in [4.69, 9.17) is 0 Å². The van der Waals surface area contributed by atoms with Gasteiger partial charge in [0.05, 0.1) is 29.0 Å². The van der Waals surface area contributed by atoms with Crippen molar-refractivity contribution in [2.45, 2.75) is 19.9 Å². The molecule has 0 aromatic carbocycles. The van der Waals surface area contributed by atoms with Crippen LogP contribution in [0.3, 0.4) is 0 Å². The third kappa shape index (κ3) is 3.74. The lowest BCUT2D eigenvalue weighted by atomic mass is 10.0. The van der Waals surface area contributed by atoms with E-state index >= 15 is 0 Å². The molecule has 0 aliphatic rings. The zero-order chi connectivity index (χ0) is 24.0. The average molecular weight is 459 g/mol. The van der Waals surface area contributed by atoms with Gasteiger partial charge < -0.3 is 20.2 Å². The Morgan fingerprint density at radius 2 is 1.85 bits per heavy atom. The molecule has 0 fully saturated rings. The third-order valence-corrected chi connectivity index (χ3v) is 5.67. The van der Waals surface area contributed by atoms with Gasteiger partial charge in [0.1, 0.15) is 28.2 Å². The van der Waals surface area contributed by atoms with Crippen LogP contribution in [0.1, 0.15) is 25.7 Å². The molecule has 1 atom stereocenters. The minimum absolute atomic E-state index is 0.135. The number of hydrogen-bond acceptors (Lipinski definition) is 8. The van der Waals surface area contributed by atoms with Crippen molar-refractivity contribution in [3.8, 4) is 11.4 Å². The van der Waals surface area contributed by atoms with E-state index in [1.807, 2.05) is 32.1 Å². The second-order valence-corrected chi connectivity index (χ2v) is 8.78. The van der Waals surface area contributed by atoms with Crippen LogP contribution in [0.15, 0.2) is 41.7 Å². The predicted octanol–water partition coefficient (Wildman–Crippen LogP) is 2.87. The highest BCUT2D eigenvalue weighted by Crippen LogP contribution is 2.34. The molecule has 5 rings (SSSR count). The lowest BCUT2D eigenvalue weighted by molar-refractivity contribution is 0.521. The standard InChI is InChI=1S/C23H26N10O/c1-12(2)18(22-24-7-6-8-25-22)30-20-17(23(34)29-15-11-33(5)31-19(15)20)21-27-13-9-16(32(3)4)26-10-14(13)28-21/h6-12,18,30H,1-5H3,(H,27,28)(H,29,34). The number of anilines is 2. The molecule has 0 bridgehead atoms. The molecule has 5 heterocycles. The monoisotopic (exact) mass is 458 g/mol. The molecule has 3 N–H and O–H groups in total. The number of pyridine rings is 2. The summed E-state index contributed by atoms with van der Waals surface area (Å²) in [7, 11) is 5.66. The zero-order valence-corrected chi connectivity index (χ0v) is 19.7. The van der Waals surface area contributed by atoms with Crippen LogP contribution < -0.4 is 15.8 Å². The summed E-state index contributed by atoms with van der Waals surface area (Å²) in [6, 6.07) is 3.43. The summed E-state index contributed by atoms with van der Waals surface area (Å²) >= 11 is 0. The first-order valence-electron chi connectivity index (χ1n) is 11.0. The summed E-state index contributed by atoms with van der Waals surface area (Å²) in [5, 5.41) is 8.15. The van der Waals surface area contributed by atoms with Gasteiger partial charge in [-0.05, 0) is 12.0 Å². The molecule has 0 saturated carbocycles. The highest BCUT2D eigenvalue weighted by atomic mass is 16.1. The van der Waals surface area contributed by atoms with Crippen molar-refractivity contribution in [3.63, 3.8) is 0 Å². The summed E-state index contributed by atoms with van der Waals surface area (Å²) < 4.78 is 1.67. The number of aryl methyl sites for hydroxylation is 1. The largest absolute Gasteiger partial charge is 0.372 e. The highest BCUT2D eigenvalue weighted by molar-refractivity contribution is 5.96. The Morgan fingerprint density at radius 3 is 2.56 bits per heavy atom. The molecular weight excluding hydrogens is 432 g/mol. The zero-order valence-electron chi connectivity index (χ0n) is 19.7. The topological polar surface area (TPSA) is 133 Å². The molecule has 11 heteroatoms. The summed E-state index contributed by atoms with van der Waals surface area (Å²) in [5.41, 5.74) is 3.38. The van der Waals surface area contributed by atoms with Crippen molar-refractivity contribution >= 4 is 33.6 Å². The molecule has 0 saturated heterocycles. The van der Waals surface area contributed by atoms with Crippen LogP contribution in [0, 0.1) is 5.92 Å². The second kappa shape index (κ2) is 8.25. The smallest absolute Gasteiger partial charge is 0.261 e. The number of nitrogens with zero attached hydrogens (tertiary/aromatic N) is 7. The van der Waals surface area contributed by atoms with Crippen LogP contribution in [0.2, 0.25) is 0 Å². The van der Waals surface area contributed by atoms with Crippen LogP contribution in [-0.4, -0.2) is 53.8 Å². The molecule has 1 unspecified atom stereocenters. The van der Waals surface area contributed by atoms with Gasteiger partial charge >= 0.3 is 0 Å². The van der Waals surface area contributed by atoms with Gasteiger partial charge in [-0.3, -0.25) is 9.48 Å². The van der Waals surface area contributed by atoms with Crippen LogP contribution in [0.5, 0.6) is 0 Å². The van der Waals surface area contributed by atoms with Crippen molar-refractivity contribution < 1.29 is 0 Å². The minimum atomic E-state index is -0.278. The van der Waals surface area contributed by atoms with Crippen LogP contribution in [-0.2, 0) is 7.05 Å². The Hall–Kier alpha value is -4.28. The second-order valence-electron chi connectivity index (χ2n) is 8.78. The first-order chi connectivity index (χ1) is 16.3. The fourth-order valence-electron chi connectivity index (χ4n) is 3.97. The Bertz CT molecular complexity index is 1530. The van der Waals surface area contributed by atoms with Crippen LogP contribution >= 0.6 is 0 Å². The Balaban J connectivity index is 1.72. The van der Waals surface area contributed by atoms with Gasteiger partial charge in [-0.1, -0.05) is 13.8 Å². The maximum atomic E-state index is 13.4. The average Bonchev–Trinajstić information content (AvgIpc) is 3.39. The number of fused-ring (bicyclic) bond motifs is 2. The molecule has 0 aliphatic carbocycles. The van der Waals surface area contributed by atoms with E-state index in [2.05, 4.69) is 54.2 Å². The fraction of sp³-hybridized carbons (Fsp3) is 0.304. The molecule has 5 aromatic rings. The maximum Gasteiger partial charge on any atom is 0.261 e. The molecule has 0 radical (unpaired) electrons. The van der Waals surface area contributed by atoms with Crippen LogP contribution in [0.4, 0.5) is 11.5 Å². The predicted molar refractivity (Wildman–Crippen MR) is 132 cm³/mol. The van der Waals surface area contributed by atoms with Crippen molar-refractivity contribution in [3.05, 3.63) is 53.1 Å². The van der Waals surface area contributed by atoms with Crippen molar-refractivity contribution in [2.75, 3.05) is 24.3 Å². The molecule has 0 spiro atoms. The van der Waals surface area contributed by atoms with Gasteiger partial charge in [0.2, 0.25) is 0 Å². The molecule has 11 nitrogen and oxygen atoms in total. The number of aromatic amines is 2. The summed E-state index contributed by atoms with van der Waals surface area (Å²) in [6.07, 6.45) is 6.90. The lowest BCUT2D eigenvalue weighted by Gasteiger charge is -2.23. The number of H-pyrrole nitrogens is 2. The van der Waals surface area contributed by atoms with E-state index in [0.29, 0.717) is 39.4 Å². The molecule has 0 aliphatic heterocycles. The third-order valence-electron chi connectivity index (χ3n) is 5.67. The maximum absolute atomic E-state index is 13.4.